The molecule has 1 aliphatic rings. The van der Waals surface area contributed by atoms with E-state index in [0.29, 0.717) is 0 Å². The first-order chi connectivity index (χ1) is 14.5. The van der Waals surface area contributed by atoms with Gasteiger partial charge in [-0.3, -0.25) is 19.6 Å². The summed E-state index contributed by atoms with van der Waals surface area (Å²) in [6.07, 6.45) is -0.0390. The molecule has 0 radical (unpaired) electrons. The van der Waals surface area contributed by atoms with Gasteiger partial charge in [0, 0.05) is 12.6 Å². The summed E-state index contributed by atoms with van der Waals surface area (Å²) < 4.78 is 27.0. The number of nitrogens with one attached hydrogen (secondary N) is 3. The van der Waals surface area contributed by atoms with Crippen LogP contribution in [-0.4, -0.2) is 66.9 Å². The minimum Gasteiger partial charge on any atom is -0.350 e. The predicted molar refractivity (Wildman–Crippen MR) is 118 cm³/mol. The summed E-state index contributed by atoms with van der Waals surface area (Å²) in [4.78, 5) is 36.2. The fraction of sp³-hybridized carbons (Fsp3) is 0.526. The molecule has 3 atom stereocenters. The molecule has 1 aliphatic heterocycles. The van der Waals surface area contributed by atoms with Crippen molar-refractivity contribution in [3.8, 4) is 0 Å². The molecule has 0 saturated carbocycles. The maximum atomic E-state index is 13.0. The third-order valence-corrected chi connectivity index (χ3v) is 6.99. The highest BCUT2D eigenvalue weighted by atomic mass is 35.5. The number of nitrogens with two attached hydrogens (primary N) is 1. The lowest BCUT2D eigenvalue weighted by molar-refractivity contribution is -0.132. The highest BCUT2D eigenvalue weighted by Gasteiger charge is 2.44. The van der Waals surface area contributed by atoms with Crippen LogP contribution in [0.3, 0.4) is 0 Å². The molecule has 11 nitrogen and oxygen atoms in total. The molecule has 1 heterocycles. The molecule has 2 rings (SSSR count). The summed E-state index contributed by atoms with van der Waals surface area (Å²) in [6, 6.07) is 3.47. The standard InChI is InChI=1S/C19H29N5O6S.ClH/c1-11(2)17(20)19(27)21-9-16(25)22-13-8-15(18(26)23-28)24(10-13)31(29,30)14-6-4-12(3)5-7-14;/h4-7,11,13,15,17,28H,8-10,20H2,1-3H3,(H,21,27)(H,22,25)(H,23,26);1H/t13-,15-,17-;/m0./s1. The maximum absolute atomic E-state index is 13.0. The monoisotopic (exact) mass is 491 g/mol. The normalized spacial score (nSPS) is 19.7. The first-order valence-corrected chi connectivity index (χ1v) is 11.3. The van der Waals surface area contributed by atoms with Crippen molar-refractivity contribution in [3.63, 3.8) is 0 Å². The molecule has 0 aliphatic carbocycles. The van der Waals surface area contributed by atoms with Gasteiger partial charge in [-0.15, -0.1) is 12.4 Å². The van der Waals surface area contributed by atoms with Gasteiger partial charge in [-0.2, -0.15) is 4.31 Å². The molecule has 3 amide bonds. The molecular formula is C19H30ClN5O6S. The maximum Gasteiger partial charge on any atom is 0.261 e. The van der Waals surface area contributed by atoms with E-state index in [1.807, 2.05) is 6.92 Å². The average molecular weight is 492 g/mol. The van der Waals surface area contributed by atoms with E-state index < -0.39 is 45.9 Å². The summed E-state index contributed by atoms with van der Waals surface area (Å²) in [5, 5.41) is 14.1. The Morgan fingerprint density at radius 2 is 1.81 bits per heavy atom. The number of nitrogens with zero attached hydrogens (tertiary/aromatic N) is 1. The molecule has 1 aromatic carbocycles. The summed E-state index contributed by atoms with van der Waals surface area (Å²) in [5.74, 6) is -2.02. The van der Waals surface area contributed by atoms with Crippen molar-refractivity contribution in [3.05, 3.63) is 29.8 Å². The zero-order chi connectivity index (χ0) is 23.3. The largest absolute Gasteiger partial charge is 0.350 e. The number of rotatable bonds is 8. The van der Waals surface area contributed by atoms with Crippen molar-refractivity contribution in [2.24, 2.45) is 11.7 Å². The fourth-order valence-electron chi connectivity index (χ4n) is 3.20. The highest BCUT2D eigenvalue weighted by molar-refractivity contribution is 7.89. The van der Waals surface area contributed by atoms with Crippen LogP contribution in [0.2, 0.25) is 0 Å². The number of hydrogen-bond acceptors (Lipinski definition) is 7. The van der Waals surface area contributed by atoms with Gasteiger partial charge in [-0.25, -0.2) is 13.9 Å². The van der Waals surface area contributed by atoms with Crippen molar-refractivity contribution in [2.75, 3.05) is 13.1 Å². The number of carbonyl (C=O) groups is 3. The third-order valence-electron chi connectivity index (χ3n) is 5.11. The second-order valence-corrected chi connectivity index (χ2v) is 9.76. The van der Waals surface area contributed by atoms with Crippen LogP contribution in [-0.2, 0) is 24.4 Å². The lowest BCUT2D eigenvalue weighted by Gasteiger charge is -2.22. The zero-order valence-electron chi connectivity index (χ0n) is 18.1. The Morgan fingerprint density at radius 3 is 2.34 bits per heavy atom. The molecule has 1 fully saturated rings. The molecule has 6 N–H and O–H groups in total. The van der Waals surface area contributed by atoms with Crippen molar-refractivity contribution >= 4 is 40.2 Å². The quantitative estimate of drug-likeness (QED) is 0.235. The summed E-state index contributed by atoms with van der Waals surface area (Å²) >= 11 is 0. The van der Waals surface area contributed by atoms with Crippen LogP contribution in [0.1, 0.15) is 25.8 Å². The van der Waals surface area contributed by atoms with Gasteiger partial charge in [0.05, 0.1) is 17.5 Å². The van der Waals surface area contributed by atoms with Crippen molar-refractivity contribution < 1.29 is 28.0 Å². The van der Waals surface area contributed by atoms with E-state index in [-0.39, 0.29) is 42.7 Å². The van der Waals surface area contributed by atoms with Crippen LogP contribution in [0.4, 0.5) is 0 Å². The number of aryl methyl sites for hydroxylation is 1. The van der Waals surface area contributed by atoms with E-state index in [4.69, 9.17) is 10.9 Å². The van der Waals surface area contributed by atoms with E-state index >= 15 is 0 Å². The number of carbonyl (C=O) groups excluding carboxylic acids is 3. The van der Waals surface area contributed by atoms with E-state index in [1.165, 1.54) is 17.6 Å². The van der Waals surface area contributed by atoms with Gasteiger partial charge in [-0.1, -0.05) is 31.5 Å². The second-order valence-electron chi connectivity index (χ2n) is 7.87. The SMILES string of the molecule is Cc1ccc(S(=O)(=O)N2C[C@@H](NC(=O)CNC(=O)[C@@H](N)C(C)C)C[C@H]2C(=O)NO)cc1.Cl. The molecular weight excluding hydrogens is 462 g/mol. The third kappa shape index (κ3) is 6.62. The van der Waals surface area contributed by atoms with Gasteiger partial charge in [0.2, 0.25) is 21.8 Å². The van der Waals surface area contributed by atoms with E-state index in [1.54, 1.807) is 26.0 Å². The smallest absolute Gasteiger partial charge is 0.261 e. The average Bonchev–Trinajstić information content (AvgIpc) is 3.15. The lowest BCUT2D eigenvalue weighted by atomic mass is 10.1. The van der Waals surface area contributed by atoms with Crippen molar-refractivity contribution in [1.29, 1.82) is 0 Å². The van der Waals surface area contributed by atoms with Crippen LogP contribution in [0.25, 0.3) is 0 Å². The minimum atomic E-state index is -4.05. The van der Waals surface area contributed by atoms with Gasteiger partial charge in [0.25, 0.3) is 5.91 Å². The Balaban J connectivity index is 0.00000512. The Morgan fingerprint density at radius 1 is 1.22 bits per heavy atom. The van der Waals surface area contributed by atoms with Crippen molar-refractivity contribution in [1.82, 2.24) is 20.4 Å². The number of sulfonamides is 1. The Bertz CT molecular complexity index is 925. The second kappa shape index (κ2) is 11.6. The Labute approximate surface area is 193 Å². The number of hydrogen-bond donors (Lipinski definition) is 5. The molecule has 0 unspecified atom stereocenters. The molecule has 1 aromatic rings. The van der Waals surface area contributed by atoms with Crippen LogP contribution < -0.4 is 21.8 Å². The van der Waals surface area contributed by atoms with Gasteiger partial charge in [0.1, 0.15) is 6.04 Å². The summed E-state index contributed by atoms with van der Waals surface area (Å²) in [7, 11) is -4.05. The van der Waals surface area contributed by atoms with Crippen LogP contribution >= 0.6 is 12.4 Å². The predicted octanol–water partition coefficient (Wildman–Crippen LogP) is -0.730. The summed E-state index contributed by atoms with van der Waals surface area (Å²) in [6.45, 7) is 4.86. The molecule has 13 heteroatoms. The number of hydroxylamine groups is 1. The number of benzene rings is 1. The van der Waals surface area contributed by atoms with Gasteiger partial charge >= 0.3 is 0 Å². The van der Waals surface area contributed by atoms with Gasteiger partial charge < -0.3 is 16.4 Å². The molecule has 1 saturated heterocycles. The van der Waals surface area contributed by atoms with E-state index in [0.717, 1.165) is 9.87 Å². The molecule has 0 aromatic heterocycles. The first-order valence-electron chi connectivity index (χ1n) is 9.82. The Hall–Kier alpha value is -2.25. The van der Waals surface area contributed by atoms with Crippen LogP contribution in [0.15, 0.2) is 29.2 Å². The van der Waals surface area contributed by atoms with E-state index in [9.17, 15) is 22.8 Å². The first kappa shape index (κ1) is 27.8. The van der Waals surface area contributed by atoms with Gasteiger partial charge in [0.15, 0.2) is 0 Å². The topological polar surface area (TPSA) is 171 Å². The highest BCUT2D eigenvalue weighted by Crippen LogP contribution is 2.27. The van der Waals surface area contributed by atoms with Crippen molar-refractivity contribution in [2.45, 2.75) is 50.2 Å². The molecule has 0 spiro atoms. The molecule has 180 valence electrons. The zero-order valence-corrected chi connectivity index (χ0v) is 19.7. The number of amides is 3. The fourth-order valence-corrected chi connectivity index (χ4v) is 4.84. The number of halogens is 1. The van der Waals surface area contributed by atoms with Crippen LogP contribution in [0, 0.1) is 12.8 Å². The van der Waals surface area contributed by atoms with Crippen LogP contribution in [0.5, 0.6) is 0 Å². The molecule has 32 heavy (non-hydrogen) atoms. The van der Waals surface area contributed by atoms with E-state index in [2.05, 4.69) is 10.6 Å². The Kier molecular flexibility index (Phi) is 10.0. The lowest BCUT2D eigenvalue weighted by Crippen LogP contribution is -2.48. The minimum absolute atomic E-state index is 0. The molecule has 0 bridgehead atoms. The summed E-state index contributed by atoms with van der Waals surface area (Å²) in [5.41, 5.74) is 8.07. The van der Waals surface area contributed by atoms with Gasteiger partial charge in [-0.05, 0) is 31.4 Å².